The Hall–Kier alpha value is -1.47. The van der Waals surface area contributed by atoms with Gasteiger partial charge in [0.05, 0.1) is 5.69 Å². The first-order chi connectivity index (χ1) is 9.47. The molecule has 108 valence electrons. The van der Waals surface area contributed by atoms with Crippen molar-refractivity contribution in [2.24, 2.45) is 0 Å². The summed E-state index contributed by atoms with van der Waals surface area (Å²) in [4.78, 5) is 0. The van der Waals surface area contributed by atoms with Crippen molar-refractivity contribution in [3.8, 4) is 5.69 Å². The molecule has 1 heterocycles. The van der Waals surface area contributed by atoms with Gasteiger partial charge >= 0.3 is 6.18 Å². The molecular formula is C13H13F3N2OS. The summed E-state index contributed by atoms with van der Waals surface area (Å²) in [6.45, 7) is 0. The van der Waals surface area contributed by atoms with Crippen LogP contribution in [0, 0.1) is 0 Å². The molecule has 20 heavy (non-hydrogen) atoms. The predicted molar refractivity (Wildman–Crippen MR) is 71.8 cm³/mol. The molecule has 0 radical (unpaired) electrons. The van der Waals surface area contributed by atoms with Gasteiger partial charge in [-0.15, -0.1) is 0 Å². The fourth-order valence-electron chi connectivity index (χ4n) is 1.55. The summed E-state index contributed by atoms with van der Waals surface area (Å²) in [6, 6.07) is 9.18. The Morgan fingerprint density at radius 2 is 1.95 bits per heavy atom. The normalized spacial score (nSPS) is 13.4. The van der Waals surface area contributed by atoms with Gasteiger partial charge in [-0.2, -0.15) is 30.0 Å². The minimum Gasteiger partial charge on any atom is -0.383 e. The van der Waals surface area contributed by atoms with E-state index in [1.807, 2.05) is 36.5 Å². The summed E-state index contributed by atoms with van der Waals surface area (Å²) in [5, 5.41) is 13.0. The molecule has 0 aliphatic carbocycles. The molecule has 0 saturated carbocycles. The summed E-state index contributed by atoms with van der Waals surface area (Å²) in [7, 11) is 0. The van der Waals surface area contributed by atoms with Crippen molar-refractivity contribution in [3.63, 3.8) is 0 Å². The number of hydrogen-bond donors (Lipinski definition) is 1. The molecule has 3 nitrogen and oxygen atoms in total. The number of nitrogens with zero attached hydrogens (tertiary/aromatic N) is 2. The number of aromatic nitrogens is 2. The molecule has 0 aliphatic rings. The minimum atomic E-state index is -4.54. The van der Waals surface area contributed by atoms with Crippen LogP contribution in [0.1, 0.15) is 5.56 Å². The van der Waals surface area contributed by atoms with Gasteiger partial charge in [-0.1, -0.05) is 12.1 Å². The maximum Gasteiger partial charge on any atom is 0.415 e. The molecule has 0 saturated heterocycles. The monoisotopic (exact) mass is 302 g/mol. The molecule has 0 unspecified atom stereocenters. The Kier molecular flexibility index (Phi) is 4.72. The van der Waals surface area contributed by atoms with Crippen molar-refractivity contribution in [1.82, 2.24) is 9.78 Å². The fraction of sp³-hybridized carbons (Fsp3) is 0.308. The molecule has 1 N–H and O–H groups in total. The van der Waals surface area contributed by atoms with Crippen molar-refractivity contribution >= 4 is 11.8 Å². The second kappa shape index (κ2) is 6.32. The van der Waals surface area contributed by atoms with Crippen LogP contribution in [0.4, 0.5) is 13.2 Å². The lowest BCUT2D eigenvalue weighted by Gasteiger charge is -2.13. The molecule has 1 aromatic heterocycles. The van der Waals surface area contributed by atoms with Crippen LogP contribution < -0.4 is 0 Å². The molecule has 1 atom stereocenters. The minimum absolute atomic E-state index is 0.357. The van der Waals surface area contributed by atoms with Gasteiger partial charge in [0.15, 0.2) is 6.10 Å². The molecule has 2 rings (SSSR count). The van der Waals surface area contributed by atoms with Gasteiger partial charge in [0.25, 0.3) is 0 Å². The summed E-state index contributed by atoms with van der Waals surface area (Å²) in [5.41, 5.74) is 1.79. The van der Waals surface area contributed by atoms with E-state index in [1.54, 1.807) is 10.9 Å². The number of rotatable bonds is 5. The lowest BCUT2D eigenvalue weighted by Crippen LogP contribution is -2.30. The van der Waals surface area contributed by atoms with Gasteiger partial charge in [-0.25, -0.2) is 4.68 Å². The highest BCUT2D eigenvalue weighted by atomic mass is 32.2. The Balaban J connectivity index is 1.86. The van der Waals surface area contributed by atoms with Gasteiger partial charge in [0.1, 0.15) is 0 Å². The van der Waals surface area contributed by atoms with E-state index < -0.39 is 12.3 Å². The summed E-state index contributed by atoms with van der Waals surface area (Å²) >= 11 is 1.05. The maximum atomic E-state index is 12.1. The third-order valence-electron chi connectivity index (χ3n) is 2.63. The first-order valence-corrected chi connectivity index (χ1v) is 7.04. The van der Waals surface area contributed by atoms with E-state index >= 15 is 0 Å². The van der Waals surface area contributed by atoms with Crippen LogP contribution in [0.15, 0.2) is 42.7 Å². The SMILES string of the molecule is O[C@H](CSCc1ccc(-n2cccn2)cc1)C(F)(F)F. The van der Waals surface area contributed by atoms with Crippen molar-refractivity contribution in [1.29, 1.82) is 0 Å². The smallest absolute Gasteiger partial charge is 0.383 e. The van der Waals surface area contributed by atoms with Gasteiger partial charge in [0, 0.05) is 23.9 Å². The predicted octanol–water partition coefficient (Wildman–Crippen LogP) is 3.03. The van der Waals surface area contributed by atoms with Crippen LogP contribution in [0.3, 0.4) is 0 Å². The van der Waals surface area contributed by atoms with E-state index in [-0.39, 0.29) is 5.75 Å². The third kappa shape index (κ3) is 4.01. The lowest BCUT2D eigenvalue weighted by molar-refractivity contribution is -0.195. The Bertz CT molecular complexity index is 526. The summed E-state index contributed by atoms with van der Waals surface area (Å²) in [5.74, 6) is 0.0664. The Labute approximate surface area is 118 Å². The zero-order valence-corrected chi connectivity index (χ0v) is 11.2. The zero-order chi connectivity index (χ0) is 14.6. The Morgan fingerprint density at radius 3 is 2.50 bits per heavy atom. The second-order valence-electron chi connectivity index (χ2n) is 4.19. The topological polar surface area (TPSA) is 38.0 Å². The molecule has 7 heteroatoms. The average molecular weight is 302 g/mol. The van der Waals surface area contributed by atoms with E-state index in [1.165, 1.54) is 0 Å². The number of halogens is 3. The van der Waals surface area contributed by atoms with E-state index in [9.17, 15) is 13.2 Å². The van der Waals surface area contributed by atoms with Crippen LogP contribution in [0.5, 0.6) is 0 Å². The molecule has 1 aromatic carbocycles. The van der Waals surface area contributed by atoms with Crippen LogP contribution in [-0.2, 0) is 5.75 Å². The van der Waals surface area contributed by atoms with Crippen molar-refractivity contribution in [3.05, 3.63) is 48.3 Å². The number of aliphatic hydroxyl groups is 1. The van der Waals surface area contributed by atoms with Crippen molar-refractivity contribution in [2.75, 3.05) is 5.75 Å². The molecule has 2 aromatic rings. The number of benzene rings is 1. The fourth-order valence-corrected chi connectivity index (χ4v) is 2.51. The summed E-state index contributed by atoms with van der Waals surface area (Å²) in [6.07, 6.45) is -3.33. The number of hydrogen-bond acceptors (Lipinski definition) is 3. The lowest BCUT2D eigenvalue weighted by atomic mass is 10.2. The summed E-state index contributed by atoms with van der Waals surface area (Å²) < 4.78 is 38.0. The molecular weight excluding hydrogens is 289 g/mol. The third-order valence-corrected chi connectivity index (χ3v) is 3.72. The van der Waals surface area contributed by atoms with Gasteiger partial charge < -0.3 is 5.11 Å². The van der Waals surface area contributed by atoms with Crippen LogP contribution in [0.25, 0.3) is 5.69 Å². The standard InChI is InChI=1S/C13H13F3N2OS/c14-13(15,16)12(19)9-20-8-10-2-4-11(5-3-10)18-7-1-6-17-18/h1-7,12,19H,8-9H2/t12-/m1/s1. The highest BCUT2D eigenvalue weighted by Crippen LogP contribution is 2.24. The van der Waals surface area contributed by atoms with E-state index in [0.29, 0.717) is 5.75 Å². The molecule has 0 aliphatic heterocycles. The highest BCUT2D eigenvalue weighted by Gasteiger charge is 2.37. The van der Waals surface area contributed by atoms with Gasteiger partial charge in [-0.3, -0.25) is 0 Å². The Morgan fingerprint density at radius 1 is 1.25 bits per heavy atom. The molecule has 0 bridgehead atoms. The van der Waals surface area contributed by atoms with Gasteiger partial charge in [-0.05, 0) is 23.8 Å². The first kappa shape index (κ1) is 14.9. The van der Waals surface area contributed by atoms with Crippen molar-refractivity contribution in [2.45, 2.75) is 18.0 Å². The second-order valence-corrected chi connectivity index (χ2v) is 5.22. The largest absolute Gasteiger partial charge is 0.415 e. The van der Waals surface area contributed by atoms with E-state index in [0.717, 1.165) is 23.0 Å². The maximum absolute atomic E-state index is 12.1. The first-order valence-electron chi connectivity index (χ1n) is 5.88. The van der Waals surface area contributed by atoms with E-state index in [4.69, 9.17) is 5.11 Å². The van der Waals surface area contributed by atoms with Crippen LogP contribution in [0.2, 0.25) is 0 Å². The molecule has 0 fully saturated rings. The van der Waals surface area contributed by atoms with E-state index in [2.05, 4.69) is 5.10 Å². The van der Waals surface area contributed by atoms with Crippen molar-refractivity contribution < 1.29 is 18.3 Å². The van der Waals surface area contributed by atoms with Gasteiger partial charge in [0.2, 0.25) is 0 Å². The number of aliphatic hydroxyl groups excluding tert-OH is 1. The van der Waals surface area contributed by atoms with Crippen LogP contribution in [-0.4, -0.2) is 32.9 Å². The molecule has 0 amide bonds. The number of alkyl halides is 3. The highest BCUT2D eigenvalue weighted by molar-refractivity contribution is 7.98. The molecule has 0 spiro atoms. The quantitative estimate of drug-likeness (QED) is 0.922. The zero-order valence-electron chi connectivity index (χ0n) is 10.4. The number of thioether (sulfide) groups is 1. The average Bonchev–Trinajstić information content (AvgIpc) is 2.92. The van der Waals surface area contributed by atoms with Crippen LogP contribution >= 0.6 is 11.8 Å².